The predicted molar refractivity (Wildman–Crippen MR) is 111 cm³/mol. The van der Waals surface area contributed by atoms with Crippen molar-refractivity contribution in [3.63, 3.8) is 0 Å². The molecule has 176 valence electrons. The number of anilines is 1. The van der Waals surface area contributed by atoms with Crippen molar-refractivity contribution in [2.45, 2.75) is 18.8 Å². The summed E-state index contributed by atoms with van der Waals surface area (Å²) in [5, 5.41) is 17.0. The van der Waals surface area contributed by atoms with E-state index in [4.69, 9.17) is 4.74 Å². The fourth-order valence-corrected chi connectivity index (χ4v) is 3.96. The van der Waals surface area contributed by atoms with Crippen LogP contribution in [0.3, 0.4) is 0 Å². The molecule has 1 aliphatic rings. The zero-order valence-corrected chi connectivity index (χ0v) is 17.5. The van der Waals surface area contributed by atoms with E-state index in [0.29, 0.717) is 13.2 Å². The lowest BCUT2D eigenvalue weighted by Crippen LogP contribution is -2.24. The third-order valence-corrected chi connectivity index (χ3v) is 5.59. The van der Waals surface area contributed by atoms with Crippen LogP contribution in [0.5, 0.6) is 5.75 Å². The van der Waals surface area contributed by atoms with E-state index in [1.165, 1.54) is 17.9 Å². The molecule has 0 aliphatic carbocycles. The van der Waals surface area contributed by atoms with E-state index in [0.717, 1.165) is 11.1 Å². The van der Waals surface area contributed by atoms with Gasteiger partial charge in [-0.15, -0.1) is 0 Å². The number of aromatic hydroxyl groups is 1. The van der Waals surface area contributed by atoms with E-state index in [1.807, 2.05) is 24.3 Å². The summed E-state index contributed by atoms with van der Waals surface area (Å²) in [5.74, 6) is -5.19. The summed E-state index contributed by atoms with van der Waals surface area (Å²) in [6, 6.07) is 7.74. The van der Waals surface area contributed by atoms with Crippen LogP contribution in [0.1, 0.15) is 22.7 Å². The highest BCUT2D eigenvalue weighted by molar-refractivity contribution is 5.91. The van der Waals surface area contributed by atoms with Gasteiger partial charge in [0.05, 0.1) is 30.2 Å². The topological polar surface area (TPSA) is 85.1 Å². The van der Waals surface area contributed by atoms with Gasteiger partial charge in [0.2, 0.25) is 5.95 Å². The Hall–Kier alpha value is -3.80. The van der Waals surface area contributed by atoms with Crippen LogP contribution in [0.4, 0.5) is 27.9 Å². The molecule has 0 bridgehead atoms. The number of halogens is 5. The Bertz CT molecular complexity index is 1420. The Balaban J connectivity index is 1.57. The number of hydrogen-bond acceptors (Lipinski definition) is 6. The van der Waals surface area contributed by atoms with E-state index in [-0.39, 0.29) is 34.8 Å². The number of fused-ring (bicyclic) bond motifs is 2. The average molecular weight is 477 g/mol. The first-order valence-corrected chi connectivity index (χ1v) is 10.1. The maximum absolute atomic E-state index is 14.6. The molecule has 0 saturated heterocycles. The van der Waals surface area contributed by atoms with E-state index in [1.54, 1.807) is 0 Å². The van der Waals surface area contributed by atoms with Gasteiger partial charge in [0.1, 0.15) is 5.69 Å². The number of ether oxygens (including phenoxy) is 1. The molecule has 2 aromatic carbocycles. The lowest BCUT2D eigenvalue weighted by Gasteiger charge is -2.26. The van der Waals surface area contributed by atoms with Gasteiger partial charge in [0.15, 0.2) is 23.0 Å². The molecule has 0 fully saturated rings. The number of aryl methyl sites for hydroxylation is 1. The molecule has 3 heterocycles. The van der Waals surface area contributed by atoms with Crippen molar-refractivity contribution < 1.29 is 31.8 Å². The molecular formula is C22H16F5N5O2. The average Bonchev–Trinajstić information content (AvgIpc) is 3.13. The van der Waals surface area contributed by atoms with E-state index in [9.17, 15) is 27.1 Å². The Morgan fingerprint density at radius 3 is 2.71 bits per heavy atom. The maximum Gasteiger partial charge on any atom is 0.419 e. The van der Waals surface area contributed by atoms with Crippen LogP contribution in [-0.2, 0) is 24.6 Å². The minimum Gasteiger partial charge on any atom is -0.503 e. The fourth-order valence-electron chi connectivity index (χ4n) is 3.96. The quantitative estimate of drug-likeness (QED) is 0.416. The first-order valence-electron chi connectivity index (χ1n) is 10.1. The molecule has 1 unspecified atom stereocenters. The molecule has 0 spiro atoms. The van der Waals surface area contributed by atoms with Crippen LogP contribution in [0.25, 0.3) is 22.3 Å². The smallest absolute Gasteiger partial charge is 0.419 e. The summed E-state index contributed by atoms with van der Waals surface area (Å²) in [7, 11) is 1.47. The Kier molecular flexibility index (Phi) is 5.12. The highest BCUT2D eigenvalue weighted by atomic mass is 19.4. The highest BCUT2D eigenvalue weighted by Crippen LogP contribution is 2.41. The van der Waals surface area contributed by atoms with Crippen LogP contribution in [0.15, 0.2) is 36.5 Å². The molecule has 12 heteroatoms. The Morgan fingerprint density at radius 1 is 1.18 bits per heavy atom. The number of nitrogens with zero attached hydrogens (tertiary/aromatic N) is 4. The van der Waals surface area contributed by atoms with Crippen molar-refractivity contribution in [3.8, 4) is 17.0 Å². The Labute approximate surface area is 188 Å². The van der Waals surface area contributed by atoms with Crippen LogP contribution < -0.4 is 5.32 Å². The minimum absolute atomic E-state index is 0.117. The normalized spacial score (nSPS) is 16.0. The van der Waals surface area contributed by atoms with Crippen molar-refractivity contribution in [2.24, 2.45) is 7.05 Å². The largest absolute Gasteiger partial charge is 0.503 e. The van der Waals surface area contributed by atoms with Crippen LogP contribution in [0, 0.1) is 11.6 Å². The van der Waals surface area contributed by atoms with Gasteiger partial charge in [-0.25, -0.2) is 18.4 Å². The van der Waals surface area contributed by atoms with Crippen LogP contribution in [-0.4, -0.2) is 31.5 Å². The molecule has 0 amide bonds. The predicted octanol–water partition coefficient (Wildman–Crippen LogP) is 4.72. The number of nitrogens with one attached hydrogen (secondary N) is 1. The lowest BCUT2D eigenvalue weighted by molar-refractivity contribution is -0.140. The van der Waals surface area contributed by atoms with Gasteiger partial charge in [-0.3, -0.25) is 0 Å². The first-order chi connectivity index (χ1) is 16.1. The molecule has 0 saturated carbocycles. The molecule has 4 aromatic rings. The molecule has 7 nitrogen and oxygen atoms in total. The van der Waals surface area contributed by atoms with Gasteiger partial charge in [-0.2, -0.15) is 23.3 Å². The summed E-state index contributed by atoms with van der Waals surface area (Å²) in [6.07, 6.45) is -3.88. The minimum atomic E-state index is -5.15. The lowest BCUT2D eigenvalue weighted by atomic mass is 9.99. The van der Waals surface area contributed by atoms with Gasteiger partial charge in [-0.05, 0) is 17.2 Å². The molecule has 0 radical (unpaired) electrons. The van der Waals surface area contributed by atoms with Crippen molar-refractivity contribution in [1.29, 1.82) is 0 Å². The van der Waals surface area contributed by atoms with Crippen LogP contribution >= 0.6 is 0 Å². The summed E-state index contributed by atoms with van der Waals surface area (Å²) < 4.78 is 75.0. The van der Waals surface area contributed by atoms with Gasteiger partial charge in [0.25, 0.3) is 0 Å². The monoisotopic (exact) mass is 477 g/mol. The molecule has 1 atom stereocenters. The van der Waals surface area contributed by atoms with Gasteiger partial charge in [0, 0.05) is 18.8 Å². The zero-order valence-electron chi connectivity index (χ0n) is 17.5. The first kappa shape index (κ1) is 22.0. The number of hydrogen-bond donors (Lipinski definition) is 2. The zero-order chi connectivity index (χ0) is 24.2. The number of phenolic OH excluding ortho intramolecular Hbond substituents is 1. The highest BCUT2D eigenvalue weighted by Gasteiger charge is 2.38. The van der Waals surface area contributed by atoms with E-state index in [2.05, 4.69) is 20.4 Å². The number of alkyl halides is 3. The maximum atomic E-state index is 14.6. The number of aromatic nitrogens is 4. The van der Waals surface area contributed by atoms with Crippen molar-refractivity contribution in [3.05, 3.63) is 64.9 Å². The SMILES string of the molecule is Cn1nc(-c2cc(C(F)(F)F)c(F)c(O)c2F)c2cnc(NC3COCc4ccccc43)nc21. The second-order valence-corrected chi connectivity index (χ2v) is 7.76. The van der Waals surface area contributed by atoms with Gasteiger partial charge in [-0.1, -0.05) is 24.3 Å². The molecular weight excluding hydrogens is 461 g/mol. The second kappa shape index (κ2) is 7.90. The van der Waals surface area contributed by atoms with Crippen LogP contribution in [0.2, 0.25) is 0 Å². The number of rotatable bonds is 3. The molecule has 2 aromatic heterocycles. The molecule has 2 N–H and O–H groups in total. The Morgan fingerprint density at radius 2 is 1.94 bits per heavy atom. The van der Waals surface area contributed by atoms with Gasteiger partial charge >= 0.3 is 6.18 Å². The molecule has 5 rings (SSSR count). The second-order valence-electron chi connectivity index (χ2n) is 7.76. The standard InChI is InChI=1S/C22H16F5N5O2/c1-32-20-13(18(31-32)12-6-14(22(25,26)27)17(24)19(33)16(12)23)7-28-21(30-20)29-15-9-34-8-10-4-2-3-5-11(10)15/h2-7,15,33H,8-9H2,1H3,(H,28,29,30). The number of phenols is 1. The summed E-state index contributed by atoms with van der Waals surface area (Å²) in [4.78, 5) is 8.57. The number of benzene rings is 2. The summed E-state index contributed by atoms with van der Waals surface area (Å²) in [5.41, 5.74) is -0.581. The summed E-state index contributed by atoms with van der Waals surface area (Å²) >= 11 is 0. The van der Waals surface area contributed by atoms with E-state index < -0.39 is 34.7 Å². The third kappa shape index (κ3) is 3.59. The molecule has 1 aliphatic heterocycles. The van der Waals surface area contributed by atoms with Crippen molar-refractivity contribution in [1.82, 2.24) is 19.7 Å². The fraction of sp³-hybridized carbons (Fsp3) is 0.227. The van der Waals surface area contributed by atoms with Gasteiger partial charge < -0.3 is 15.2 Å². The van der Waals surface area contributed by atoms with E-state index >= 15 is 0 Å². The third-order valence-electron chi connectivity index (χ3n) is 5.59. The van der Waals surface area contributed by atoms with Crippen molar-refractivity contribution >= 4 is 17.0 Å². The van der Waals surface area contributed by atoms with Crippen molar-refractivity contribution in [2.75, 3.05) is 11.9 Å². The summed E-state index contributed by atoms with van der Waals surface area (Å²) in [6.45, 7) is 0.852. The molecule has 34 heavy (non-hydrogen) atoms.